The van der Waals surface area contributed by atoms with E-state index in [0.29, 0.717) is 5.82 Å². The number of hydrogen-bond donors (Lipinski definition) is 0. The zero-order chi connectivity index (χ0) is 20.5. The minimum atomic E-state index is 0.287. The molecule has 0 amide bonds. The lowest BCUT2D eigenvalue weighted by atomic mass is 10.2. The molecule has 3 heterocycles. The SMILES string of the molecule is COc1ccc(OCc2nc3c4c(C)c(C)n(CCN(C)C)c4ncn3n2)cc1. The predicted octanol–water partition coefficient (Wildman–Crippen LogP) is 2.85. The molecule has 4 rings (SSSR count). The van der Waals surface area contributed by atoms with Crippen molar-refractivity contribution in [2.75, 3.05) is 27.7 Å². The maximum absolute atomic E-state index is 5.83. The van der Waals surface area contributed by atoms with Crippen molar-refractivity contribution in [3.8, 4) is 11.5 Å². The molecule has 0 saturated carbocycles. The van der Waals surface area contributed by atoms with Crippen molar-refractivity contribution in [3.63, 3.8) is 0 Å². The van der Waals surface area contributed by atoms with Gasteiger partial charge in [-0.05, 0) is 57.8 Å². The first-order valence-corrected chi connectivity index (χ1v) is 9.59. The number of hydrogen-bond acceptors (Lipinski definition) is 6. The van der Waals surface area contributed by atoms with Gasteiger partial charge in [0, 0.05) is 18.8 Å². The van der Waals surface area contributed by atoms with Crippen LogP contribution in [0.2, 0.25) is 0 Å². The predicted molar refractivity (Wildman–Crippen MR) is 112 cm³/mol. The molecule has 0 radical (unpaired) electrons. The van der Waals surface area contributed by atoms with Crippen molar-refractivity contribution in [2.45, 2.75) is 27.0 Å². The Balaban J connectivity index is 1.64. The van der Waals surface area contributed by atoms with Crippen LogP contribution < -0.4 is 9.47 Å². The van der Waals surface area contributed by atoms with Gasteiger partial charge in [-0.2, -0.15) is 0 Å². The van der Waals surface area contributed by atoms with Crippen LogP contribution in [-0.4, -0.2) is 56.8 Å². The topological polar surface area (TPSA) is 69.7 Å². The van der Waals surface area contributed by atoms with Gasteiger partial charge in [0.15, 0.2) is 11.5 Å². The van der Waals surface area contributed by atoms with E-state index in [4.69, 9.17) is 14.5 Å². The fraction of sp³-hybridized carbons (Fsp3) is 0.381. The second-order valence-corrected chi connectivity index (χ2v) is 7.37. The third-order valence-corrected chi connectivity index (χ3v) is 5.19. The number of aryl methyl sites for hydroxylation is 1. The van der Waals surface area contributed by atoms with Gasteiger partial charge < -0.3 is 18.9 Å². The molecule has 0 bridgehead atoms. The van der Waals surface area contributed by atoms with Gasteiger partial charge in [0.1, 0.15) is 30.1 Å². The molecule has 0 N–H and O–H groups in total. The molecule has 4 aromatic rings. The highest BCUT2D eigenvalue weighted by molar-refractivity contribution is 5.93. The molecule has 3 aromatic heterocycles. The zero-order valence-electron chi connectivity index (χ0n) is 17.5. The number of benzene rings is 1. The summed E-state index contributed by atoms with van der Waals surface area (Å²) in [6.07, 6.45) is 1.73. The summed E-state index contributed by atoms with van der Waals surface area (Å²) >= 11 is 0. The number of likely N-dealkylation sites (N-methyl/N-ethyl adjacent to an activating group) is 1. The van der Waals surface area contributed by atoms with Crippen LogP contribution in [0, 0.1) is 13.8 Å². The van der Waals surface area contributed by atoms with E-state index in [0.717, 1.165) is 41.3 Å². The molecule has 0 atom stereocenters. The molecule has 0 aliphatic carbocycles. The van der Waals surface area contributed by atoms with Crippen molar-refractivity contribution < 1.29 is 9.47 Å². The van der Waals surface area contributed by atoms with Crippen LogP contribution >= 0.6 is 0 Å². The second-order valence-electron chi connectivity index (χ2n) is 7.37. The van der Waals surface area contributed by atoms with Gasteiger partial charge in [-0.15, -0.1) is 5.10 Å². The molecule has 0 aliphatic heterocycles. The number of aromatic nitrogens is 5. The molecular weight excluding hydrogens is 368 g/mol. The Morgan fingerprint density at radius 1 is 1.03 bits per heavy atom. The maximum Gasteiger partial charge on any atom is 0.189 e. The molecule has 8 heteroatoms. The molecule has 29 heavy (non-hydrogen) atoms. The first kappa shape index (κ1) is 19.2. The first-order chi connectivity index (χ1) is 14.0. The number of rotatable bonds is 7. The Hall–Kier alpha value is -3.13. The summed E-state index contributed by atoms with van der Waals surface area (Å²) in [5.74, 6) is 2.16. The molecule has 0 aliphatic rings. The smallest absolute Gasteiger partial charge is 0.189 e. The third kappa shape index (κ3) is 3.63. The summed E-state index contributed by atoms with van der Waals surface area (Å²) < 4.78 is 15.0. The van der Waals surface area contributed by atoms with Crippen LogP contribution in [0.4, 0.5) is 0 Å². The fourth-order valence-electron chi connectivity index (χ4n) is 3.43. The van der Waals surface area contributed by atoms with E-state index < -0.39 is 0 Å². The summed E-state index contributed by atoms with van der Waals surface area (Å²) in [7, 11) is 5.79. The normalized spacial score (nSPS) is 11.7. The highest BCUT2D eigenvalue weighted by Crippen LogP contribution is 2.27. The Labute approximate surface area is 169 Å². The molecule has 152 valence electrons. The minimum Gasteiger partial charge on any atom is -0.497 e. The van der Waals surface area contributed by atoms with E-state index in [2.05, 4.69) is 47.5 Å². The summed E-state index contributed by atoms with van der Waals surface area (Å²) in [5, 5.41) is 5.59. The standard InChI is InChI=1S/C21H26N6O2/c1-14-15(2)26(11-10-25(3)4)20-19(14)21-23-18(24-27(21)13-22-20)12-29-17-8-6-16(28-5)7-9-17/h6-9,13H,10-12H2,1-5H3. The van der Waals surface area contributed by atoms with Gasteiger partial charge in [-0.3, -0.25) is 0 Å². The van der Waals surface area contributed by atoms with Gasteiger partial charge in [0.2, 0.25) is 0 Å². The van der Waals surface area contributed by atoms with E-state index >= 15 is 0 Å². The maximum atomic E-state index is 5.83. The molecule has 0 unspecified atom stereocenters. The van der Waals surface area contributed by atoms with Crippen molar-refractivity contribution >= 4 is 16.7 Å². The Morgan fingerprint density at radius 2 is 1.76 bits per heavy atom. The van der Waals surface area contributed by atoms with E-state index in [1.807, 2.05) is 24.3 Å². The molecule has 8 nitrogen and oxygen atoms in total. The summed E-state index contributed by atoms with van der Waals surface area (Å²) in [5.41, 5.74) is 4.16. The fourth-order valence-corrected chi connectivity index (χ4v) is 3.43. The van der Waals surface area contributed by atoms with Crippen LogP contribution in [0.3, 0.4) is 0 Å². The summed E-state index contributed by atoms with van der Waals surface area (Å²) in [6.45, 7) is 6.37. The summed E-state index contributed by atoms with van der Waals surface area (Å²) in [4.78, 5) is 11.6. The van der Waals surface area contributed by atoms with Crippen molar-refractivity contribution in [1.82, 2.24) is 29.0 Å². The molecule has 1 aromatic carbocycles. The largest absolute Gasteiger partial charge is 0.497 e. The van der Waals surface area contributed by atoms with Gasteiger partial charge in [-0.25, -0.2) is 14.5 Å². The highest BCUT2D eigenvalue weighted by Gasteiger charge is 2.18. The molecular formula is C21H26N6O2. The molecule has 0 fully saturated rings. The number of ether oxygens (including phenoxy) is 2. The van der Waals surface area contributed by atoms with Crippen LogP contribution in [-0.2, 0) is 13.2 Å². The minimum absolute atomic E-state index is 0.287. The Morgan fingerprint density at radius 3 is 2.45 bits per heavy atom. The Kier molecular flexibility index (Phi) is 5.10. The van der Waals surface area contributed by atoms with Gasteiger partial charge in [-0.1, -0.05) is 0 Å². The van der Waals surface area contributed by atoms with Crippen LogP contribution in [0.25, 0.3) is 16.7 Å². The van der Waals surface area contributed by atoms with Gasteiger partial charge in [0.05, 0.1) is 12.5 Å². The van der Waals surface area contributed by atoms with E-state index in [-0.39, 0.29) is 6.61 Å². The van der Waals surface area contributed by atoms with Gasteiger partial charge in [0.25, 0.3) is 0 Å². The van der Waals surface area contributed by atoms with E-state index in [1.165, 1.54) is 11.3 Å². The number of fused-ring (bicyclic) bond motifs is 3. The zero-order valence-corrected chi connectivity index (χ0v) is 17.5. The lowest BCUT2D eigenvalue weighted by molar-refractivity contribution is 0.295. The summed E-state index contributed by atoms with van der Waals surface area (Å²) in [6, 6.07) is 7.46. The first-order valence-electron chi connectivity index (χ1n) is 9.59. The van der Waals surface area contributed by atoms with Crippen molar-refractivity contribution in [2.24, 2.45) is 0 Å². The number of methoxy groups -OCH3 is 1. The van der Waals surface area contributed by atoms with Crippen molar-refractivity contribution in [3.05, 3.63) is 47.7 Å². The molecule has 0 spiro atoms. The lowest BCUT2D eigenvalue weighted by Crippen LogP contribution is -2.19. The van der Waals surface area contributed by atoms with E-state index in [9.17, 15) is 0 Å². The second kappa shape index (κ2) is 7.71. The van der Waals surface area contributed by atoms with Crippen LogP contribution in [0.1, 0.15) is 17.1 Å². The van der Waals surface area contributed by atoms with Crippen LogP contribution in [0.15, 0.2) is 30.6 Å². The average Bonchev–Trinajstić information content (AvgIpc) is 3.24. The quantitative estimate of drug-likeness (QED) is 0.480. The highest BCUT2D eigenvalue weighted by atomic mass is 16.5. The van der Waals surface area contributed by atoms with E-state index in [1.54, 1.807) is 18.0 Å². The van der Waals surface area contributed by atoms with Crippen molar-refractivity contribution in [1.29, 1.82) is 0 Å². The average molecular weight is 394 g/mol. The monoisotopic (exact) mass is 394 g/mol. The van der Waals surface area contributed by atoms with Gasteiger partial charge >= 0.3 is 0 Å². The Bertz CT molecular complexity index is 1140. The third-order valence-electron chi connectivity index (χ3n) is 5.19. The van der Waals surface area contributed by atoms with Crippen LogP contribution in [0.5, 0.6) is 11.5 Å². The lowest BCUT2D eigenvalue weighted by Gasteiger charge is -2.12. The number of nitrogens with zero attached hydrogens (tertiary/aromatic N) is 6. The molecule has 0 saturated heterocycles.